The van der Waals surface area contributed by atoms with Crippen LogP contribution in [0.4, 0.5) is 4.79 Å². The number of amides is 5. The standard InChI is InChI=1S/C49H63N9O7S/c1-10-41(59)58-31-21-32(58)25-55(24-31)48(63)54(8)43(28(3)4)45(60)52-37-22-40-51-38(26-66-40)30-16-17-39-34(20-30)35(44(56(39)11-2)33-14-12-18-50-42(33)29(5)64-9)23-49(6,7)27-65-47(62)36-15-13-19-57(53-36)46(37)61/h10,12,14,16-18,20,26,28-29,31-32,36-37,43,53H,1,11,13,15,19,21-25,27H2,2-9H3,(H,52,60)/t29-,31?,32?,36-,37-,43-/m0/s1. The number of carbonyl (C=O) groups is 5. The topological polar surface area (TPSA) is 172 Å². The summed E-state index contributed by atoms with van der Waals surface area (Å²) in [5.41, 5.74) is 9.27. The van der Waals surface area contributed by atoms with Crippen LogP contribution in [0.2, 0.25) is 0 Å². The molecule has 66 heavy (non-hydrogen) atoms. The maximum atomic E-state index is 14.6. The summed E-state index contributed by atoms with van der Waals surface area (Å²) in [6.45, 7) is 17.5. The Bertz CT molecular complexity index is 2520. The molecule has 3 aromatic heterocycles. The second-order valence-corrected chi connectivity index (χ2v) is 20.2. The molecule has 8 heterocycles. The zero-order valence-corrected chi connectivity index (χ0v) is 40.2. The van der Waals surface area contributed by atoms with Gasteiger partial charge in [-0.25, -0.2) is 15.2 Å². The number of urea groups is 1. The van der Waals surface area contributed by atoms with Crippen LogP contribution in [0.5, 0.6) is 0 Å². The van der Waals surface area contributed by atoms with Gasteiger partial charge in [0.1, 0.15) is 18.1 Å². The number of piperidine rings is 1. The summed E-state index contributed by atoms with van der Waals surface area (Å²) < 4.78 is 14.2. The number of pyridine rings is 1. The van der Waals surface area contributed by atoms with Gasteiger partial charge in [-0.1, -0.05) is 40.3 Å². The van der Waals surface area contributed by atoms with Crippen LogP contribution < -0.4 is 10.7 Å². The predicted octanol–water partition coefficient (Wildman–Crippen LogP) is 5.75. The Balaban J connectivity index is 1.14. The molecule has 5 aliphatic heterocycles. The van der Waals surface area contributed by atoms with Crippen molar-refractivity contribution in [2.75, 3.05) is 40.4 Å². The van der Waals surface area contributed by atoms with Crippen molar-refractivity contribution in [3.05, 3.63) is 70.8 Å². The fourth-order valence-electron chi connectivity index (χ4n) is 10.3. The van der Waals surface area contributed by atoms with Gasteiger partial charge in [-0.05, 0) is 81.4 Å². The Labute approximate surface area is 390 Å². The minimum Gasteiger partial charge on any atom is -0.464 e. The largest absolute Gasteiger partial charge is 0.464 e. The summed E-state index contributed by atoms with van der Waals surface area (Å²) in [5.74, 6) is -1.82. The highest BCUT2D eigenvalue weighted by Gasteiger charge is 2.49. The number of likely N-dealkylation sites (N-methyl/N-ethyl adjacent to an activating group) is 1. The van der Waals surface area contributed by atoms with Crippen molar-refractivity contribution in [3.8, 4) is 22.5 Å². The molecule has 4 aromatic rings. The number of carbonyl (C=O) groups excluding carboxylic acids is 5. The molecule has 4 saturated heterocycles. The van der Waals surface area contributed by atoms with Gasteiger partial charge in [-0.3, -0.25) is 29.2 Å². The molecule has 9 rings (SSSR count). The average Bonchev–Trinajstić information content (AvgIpc) is 3.90. The molecule has 6 atom stereocenters. The maximum Gasteiger partial charge on any atom is 0.324 e. The molecule has 352 valence electrons. The first-order valence-electron chi connectivity index (χ1n) is 23.1. The number of hydrogen-bond acceptors (Lipinski definition) is 11. The van der Waals surface area contributed by atoms with Crippen molar-refractivity contribution >= 4 is 52.0 Å². The van der Waals surface area contributed by atoms with Crippen LogP contribution in [0.25, 0.3) is 33.4 Å². The molecule has 2 unspecified atom stereocenters. The van der Waals surface area contributed by atoms with Crippen molar-refractivity contribution < 1.29 is 33.4 Å². The molecule has 2 N–H and O–H groups in total. The van der Waals surface area contributed by atoms with E-state index in [-0.39, 0.29) is 49.1 Å². The summed E-state index contributed by atoms with van der Waals surface area (Å²) in [6, 6.07) is 7.11. The van der Waals surface area contributed by atoms with Gasteiger partial charge in [0.15, 0.2) is 0 Å². The van der Waals surface area contributed by atoms with Crippen LogP contribution in [0.3, 0.4) is 0 Å². The lowest BCUT2D eigenvalue weighted by atomic mass is 9.84. The van der Waals surface area contributed by atoms with E-state index in [0.717, 1.165) is 51.1 Å². The monoisotopic (exact) mass is 921 g/mol. The third-order valence-corrected chi connectivity index (χ3v) is 14.5. The van der Waals surface area contributed by atoms with Crippen LogP contribution in [0, 0.1) is 11.3 Å². The summed E-state index contributed by atoms with van der Waals surface area (Å²) in [6.07, 6.45) is 5.31. The molecule has 0 aliphatic carbocycles. The summed E-state index contributed by atoms with van der Waals surface area (Å²) >= 11 is 1.41. The molecule has 4 fully saturated rings. The number of piperazine rings is 1. The lowest BCUT2D eigenvalue weighted by Gasteiger charge is -2.56. The zero-order chi connectivity index (χ0) is 47.2. The number of nitrogens with one attached hydrogen (secondary N) is 2. The number of esters is 1. The fourth-order valence-corrected chi connectivity index (χ4v) is 11.2. The van der Waals surface area contributed by atoms with Crippen LogP contribution in [0.15, 0.2) is 54.6 Å². The first-order valence-corrected chi connectivity index (χ1v) is 24.0. The number of aryl methyl sites for hydroxylation is 1. The minimum atomic E-state index is -1.08. The Morgan fingerprint density at radius 1 is 1.15 bits per heavy atom. The molecule has 0 radical (unpaired) electrons. The van der Waals surface area contributed by atoms with E-state index >= 15 is 0 Å². The molecule has 1 aromatic carbocycles. The van der Waals surface area contributed by atoms with Crippen LogP contribution >= 0.6 is 11.3 Å². The summed E-state index contributed by atoms with van der Waals surface area (Å²) in [7, 11) is 3.29. The number of cyclic esters (lactones) is 1. The number of ether oxygens (including phenoxy) is 2. The van der Waals surface area contributed by atoms with E-state index in [1.54, 1.807) is 30.2 Å². The van der Waals surface area contributed by atoms with Gasteiger partial charge in [0.25, 0.3) is 5.91 Å². The number of aromatic nitrogens is 3. The third kappa shape index (κ3) is 8.96. The van der Waals surface area contributed by atoms with Crippen LogP contribution in [-0.2, 0) is 48.0 Å². The van der Waals surface area contributed by atoms with Gasteiger partial charge in [0.05, 0.1) is 46.9 Å². The molecule has 16 nitrogen and oxygen atoms in total. The van der Waals surface area contributed by atoms with Crippen LogP contribution in [-0.4, -0.2) is 135 Å². The smallest absolute Gasteiger partial charge is 0.324 e. The van der Waals surface area contributed by atoms with Crippen molar-refractivity contribution in [2.24, 2.45) is 11.3 Å². The van der Waals surface area contributed by atoms with Crippen molar-refractivity contribution in [2.45, 2.75) is 117 Å². The van der Waals surface area contributed by atoms with E-state index in [9.17, 15) is 24.0 Å². The molecule has 0 spiro atoms. The molecule has 17 heteroatoms. The third-order valence-electron chi connectivity index (χ3n) is 13.7. The Kier molecular flexibility index (Phi) is 13.4. The average molecular weight is 922 g/mol. The van der Waals surface area contributed by atoms with Crippen LogP contribution in [0.1, 0.15) is 83.2 Å². The van der Waals surface area contributed by atoms with Gasteiger partial charge < -0.3 is 34.1 Å². The molecular formula is C49H63N9O7S. The number of benzene rings is 1. The number of hydrazine groups is 1. The number of thiazole rings is 1. The summed E-state index contributed by atoms with van der Waals surface area (Å²) in [4.78, 5) is 84.3. The second-order valence-electron chi connectivity index (χ2n) is 19.3. The predicted molar refractivity (Wildman–Crippen MR) is 252 cm³/mol. The Morgan fingerprint density at radius 3 is 2.61 bits per heavy atom. The first-order chi connectivity index (χ1) is 31.5. The second kappa shape index (κ2) is 18.9. The quantitative estimate of drug-likeness (QED) is 0.156. The van der Waals surface area contributed by atoms with E-state index < -0.39 is 41.3 Å². The number of methoxy groups -OCH3 is 1. The maximum absolute atomic E-state index is 14.6. The first kappa shape index (κ1) is 46.9. The molecule has 5 amide bonds. The van der Waals surface area contributed by atoms with E-state index in [0.29, 0.717) is 50.4 Å². The van der Waals surface area contributed by atoms with Crippen molar-refractivity contribution in [3.63, 3.8) is 0 Å². The lowest BCUT2D eigenvalue weighted by molar-refractivity contribution is -0.155. The SMILES string of the molecule is C=CC(=O)N1C2CC1CN(C(=O)N(C)[C@H](C(=O)N[C@H]1Cc3nc(cs3)-c3ccc4c(c3)c(c(-c3cccnc3[C@H](C)OC)n4CC)CC(C)(C)COC(=O)[C@@H]3CCCN(N3)C1=O)C(C)C)C2. The van der Waals surface area contributed by atoms with Gasteiger partial charge in [0, 0.05) is 85.8 Å². The molecule has 0 saturated carbocycles. The molecule has 8 bridgehead atoms. The highest BCUT2D eigenvalue weighted by Crippen LogP contribution is 2.42. The fraction of sp³-hybridized carbons (Fsp3) is 0.531. The Morgan fingerprint density at radius 2 is 1.91 bits per heavy atom. The normalized spacial score (nSPS) is 22.8. The van der Waals surface area contributed by atoms with E-state index in [4.69, 9.17) is 19.4 Å². The van der Waals surface area contributed by atoms with Gasteiger partial charge in [-0.2, -0.15) is 0 Å². The highest BCUT2D eigenvalue weighted by molar-refractivity contribution is 7.10. The highest BCUT2D eigenvalue weighted by atomic mass is 32.1. The Hall–Kier alpha value is -5.65. The van der Waals surface area contributed by atoms with E-state index in [1.807, 2.05) is 32.2 Å². The van der Waals surface area contributed by atoms with E-state index in [2.05, 4.69) is 66.9 Å². The van der Waals surface area contributed by atoms with Crippen molar-refractivity contribution in [1.29, 1.82) is 0 Å². The molecular weight excluding hydrogens is 859 g/mol. The zero-order valence-electron chi connectivity index (χ0n) is 39.3. The minimum absolute atomic E-state index is 0.0766. The lowest BCUT2D eigenvalue weighted by Crippen LogP contribution is -2.72. The van der Waals surface area contributed by atoms with Gasteiger partial charge in [0.2, 0.25) is 11.8 Å². The molecule has 5 aliphatic rings. The number of nitrogens with zero attached hydrogens (tertiary/aromatic N) is 7. The van der Waals surface area contributed by atoms with Gasteiger partial charge >= 0.3 is 12.0 Å². The summed E-state index contributed by atoms with van der Waals surface area (Å²) in [5, 5.41) is 8.12. The number of hydrogen-bond donors (Lipinski definition) is 2. The van der Waals surface area contributed by atoms with Crippen molar-refractivity contribution in [1.82, 2.24) is 45.0 Å². The number of fused-ring (bicyclic) bond motifs is 8. The number of rotatable bonds is 9. The van der Waals surface area contributed by atoms with E-state index in [1.165, 1.54) is 27.3 Å². The van der Waals surface area contributed by atoms with Gasteiger partial charge in [-0.15, -0.1) is 11.3 Å².